The summed E-state index contributed by atoms with van der Waals surface area (Å²) in [5.74, 6) is -1.37. The normalized spacial score (nSPS) is 13.2. The van der Waals surface area contributed by atoms with Crippen molar-refractivity contribution in [1.29, 1.82) is 0 Å². The lowest BCUT2D eigenvalue weighted by atomic mass is 10.4. The maximum atomic E-state index is 12.1. The van der Waals surface area contributed by atoms with Gasteiger partial charge in [-0.25, -0.2) is 27.9 Å². The number of carbonyl (C=O) groups is 1. The predicted octanol–water partition coefficient (Wildman–Crippen LogP) is 0.405. The minimum absolute atomic E-state index is 0.289. The van der Waals surface area contributed by atoms with Gasteiger partial charge in [0.05, 0.1) is 11.8 Å². The fraction of sp³-hybridized carbons (Fsp3) is 0.300. The van der Waals surface area contributed by atoms with Gasteiger partial charge in [0.25, 0.3) is 10.0 Å². The van der Waals surface area contributed by atoms with Crippen molar-refractivity contribution >= 4 is 27.3 Å². The quantitative estimate of drug-likeness (QED) is 0.797. The highest BCUT2D eigenvalue weighted by Gasteiger charge is 2.27. The third-order valence-electron chi connectivity index (χ3n) is 2.38. The van der Waals surface area contributed by atoms with E-state index in [9.17, 15) is 13.2 Å². The Balaban J connectivity index is 2.14. The second-order valence-electron chi connectivity index (χ2n) is 4.08. The molecule has 108 valence electrons. The van der Waals surface area contributed by atoms with E-state index in [1.807, 2.05) is 0 Å². The first-order chi connectivity index (χ1) is 9.40. The lowest BCUT2D eigenvalue weighted by Gasteiger charge is -2.14. The molecular formula is C10H12N4O4S2. The van der Waals surface area contributed by atoms with E-state index in [1.54, 1.807) is 30.2 Å². The van der Waals surface area contributed by atoms with E-state index in [0.717, 1.165) is 11.3 Å². The van der Waals surface area contributed by atoms with Crippen LogP contribution in [-0.2, 0) is 16.6 Å². The molecule has 2 heterocycles. The molecule has 0 saturated carbocycles. The standard InChI is InChI=1S/C10H12N4O4S2/c1-7(4-14-3-2-11-5-14)13-20(17,18)10-8(9(15)16)12-6-19-10/h2-3,5-7,13H,4H2,1H3,(H,15,16). The van der Waals surface area contributed by atoms with Crippen LogP contribution in [0.4, 0.5) is 0 Å². The number of hydrogen-bond donors (Lipinski definition) is 2. The van der Waals surface area contributed by atoms with Crippen LogP contribution in [0.25, 0.3) is 0 Å². The molecular weight excluding hydrogens is 304 g/mol. The third-order valence-corrected chi connectivity index (χ3v) is 5.34. The van der Waals surface area contributed by atoms with Crippen molar-refractivity contribution in [2.45, 2.75) is 23.7 Å². The summed E-state index contributed by atoms with van der Waals surface area (Å²) in [6.07, 6.45) is 4.87. The topological polar surface area (TPSA) is 114 Å². The van der Waals surface area contributed by atoms with Gasteiger partial charge in [-0.1, -0.05) is 0 Å². The van der Waals surface area contributed by atoms with E-state index in [4.69, 9.17) is 5.11 Å². The minimum Gasteiger partial charge on any atom is -0.476 e. The van der Waals surface area contributed by atoms with Crippen molar-refractivity contribution in [1.82, 2.24) is 19.3 Å². The van der Waals surface area contributed by atoms with E-state index in [0.29, 0.717) is 6.54 Å². The summed E-state index contributed by atoms with van der Waals surface area (Å²) in [5, 5.41) is 8.90. The van der Waals surface area contributed by atoms with Gasteiger partial charge in [-0.3, -0.25) is 0 Å². The summed E-state index contributed by atoms with van der Waals surface area (Å²) < 4.78 is 28.1. The summed E-state index contributed by atoms with van der Waals surface area (Å²) in [6, 6.07) is -0.419. The molecule has 8 nitrogen and oxygen atoms in total. The van der Waals surface area contributed by atoms with E-state index in [1.165, 1.54) is 5.51 Å². The van der Waals surface area contributed by atoms with Gasteiger partial charge in [-0.2, -0.15) is 0 Å². The number of thiazole rings is 1. The predicted molar refractivity (Wildman–Crippen MR) is 71.1 cm³/mol. The molecule has 0 saturated heterocycles. The second-order valence-corrected chi connectivity index (χ2v) is 6.84. The fourth-order valence-electron chi connectivity index (χ4n) is 1.64. The number of imidazole rings is 1. The molecule has 0 amide bonds. The van der Waals surface area contributed by atoms with Crippen LogP contribution >= 0.6 is 11.3 Å². The SMILES string of the molecule is CC(Cn1ccnc1)NS(=O)(=O)c1scnc1C(=O)O. The average molecular weight is 316 g/mol. The molecule has 1 unspecified atom stereocenters. The molecule has 2 N–H and O–H groups in total. The Morgan fingerprint density at radius 2 is 2.35 bits per heavy atom. The summed E-state index contributed by atoms with van der Waals surface area (Å²) in [7, 11) is -3.90. The number of nitrogens with zero attached hydrogens (tertiary/aromatic N) is 3. The highest BCUT2D eigenvalue weighted by atomic mass is 32.2. The first kappa shape index (κ1) is 14.6. The van der Waals surface area contributed by atoms with Gasteiger partial charge < -0.3 is 9.67 Å². The largest absolute Gasteiger partial charge is 0.476 e. The van der Waals surface area contributed by atoms with Crippen molar-refractivity contribution in [3.8, 4) is 0 Å². The van der Waals surface area contributed by atoms with Crippen molar-refractivity contribution in [3.05, 3.63) is 29.9 Å². The van der Waals surface area contributed by atoms with Gasteiger partial charge in [0, 0.05) is 25.0 Å². The molecule has 0 spiro atoms. The van der Waals surface area contributed by atoms with Crippen molar-refractivity contribution in [3.63, 3.8) is 0 Å². The van der Waals surface area contributed by atoms with Crippen LogP contribution in [0.5, 0.6) is 0 Å². The highest BCUT2D eigenvalue weighted by Crippen LogP contribution is 2.20. The first-order valence-corrected chi connectivity index (χ1v) is 7.91. The molecule has 20 heavy (non-hydrogen) atoms. The molecule has 0 aliphatic carbocycles. The maximum Gasteiger partial charge on any atom is 0.356 e. The molecule has 0 radical (unpaired) electrons. The maximum absolute atomic E-state index is 12.1. The van der Waals surface area contributed by atoms with Gasteiger partial charge in [-0.05, 0) is 6.92 Å². The fourth-order valence-corrected chi connectivity index (χ4v) is 4.03. The zero-order valence-corrected chi connectivity index (χ0v) is 12.1. The van der Waals surface area contributed by atoms with Crippen LogP contribution < -0.4 is 4.72 Å². The monoisotopic (exact) mass is 316 g/mol. The lowest BCUT2D eigenvalue weighted by Crippen LogP contribution is -2.35. The van der Waals surface area contributed by atoms with Gasteiger partial charge in [0.1, 0.15) is 0 Å². The van der Waals surface area contributed by atoms with Gasteiger partial charge in [-0.15, -0.1) is 11.3 Å². The number of rotatable bonds is 6. The number of sulfonamides is 1. The van der Waals surface area contributed by atoms with E-state index in [-0.39, 0.29) is 4.21 Å². The van der Waals surface area contributed by atoms with Crippen LogP contribution in [0, 0.1) is 0 Å². The van der Waals surface area contributed by atoms with Crippen molar-refractivity contribution in [2.24, 2.45) is 0 Å². The Bertz CT molecular complexity index is 693. The van der Waals surface area contributed by atoms with Gasteiger partial charge in [0.15, 0.2) is 9.90 Å². The number of aromatic carboxylic acids is 1. The number of carboxylic acid groups (broad SMARTS) is 1. The third kappa shape index (κ3) is 3.21. The van der Waals surface area contributed by atoms with Crippen LogP contribution in [0.2, 0.25) is 0 Å². The Labute approximate surface area is 119 Å². The number of carboxylic acids is 1. The smallest absolute Gasteiger partial charge is 0.356 e. The van der Waals surface area contributed by atoms with E-state index >= 15 is 0 Å². The molecule has 0 aromatic carbocycles. The molecule has 2 aromatic rings. The summed E-state index contributed by atoms with van der Waals surface area (Å²) in [6.45, 7) is 2.07. The number of aromatic nitrogens is 3. The lowest BCUT2D eigenvalue weighted by molar-refractivity contribution is 0.0687. The van der Waals surface area contributed by atoms with Gasteiger partial charge >= 0.3 is 5.97 Å². The summed E-state index contributed by atoms with van der Waals surface area (Å²) in [4.78, 5) is 18.3. The molecule has 1 atom stereocenters. The highest BCUT2D eigenvalue weighted by molar-refractivity contribution is 7.91. The van der Waals surface area contributed by atoms with E-state index in [2.05, 4.69) is 14.7 Å². The van der Waals surface area contributed by atoms with Gasteiger partial charge in [0.2, 0.25) is 0 Å². The average Bonchev–Trinajstić information content (AvgIpc) is 2.97. The molecule has 2 rings (SSSR count). The second kappa shape index (κ2) is 5.69. The van der Waals surface area contributed by atoms with Crippen LogP contribution in [0.3, 0.4) is 0 Å². The number of nitrogens with one attached hydrogen (secondary N) is 1. The van der Waals surface area contributed by atoms with Crippen LogP contribution in [0.1, 0.15) is 17.4 Å². The molecule has 0 fully saturated rings. The molecule has 0 aliphatic heterocycles. The number of hydrogen-bond acceptors (Lipinski definition) is 6. The molecule has 2 aromatic heterocycles. The van der Waals surface area contributed by atoms with E-state index < -0.39 is 27.7 Å². The van der Waals surface area contributed by atoms with Crippen LogP contribution in [-0.4, -0.2) is 40.1 Å². The van der Waals surface area contributed by atoms with Crippen molar-refractivity contribution < 1.29 is 18.3 Å². The zero-order valence-electron chi connectivity index (χ0n) is 10.4. The Morgan fingerprint density at radius 1 is 1.60 bits per heavy atom. The minimum atomic E-state index is -3.90. The van der Waals surface area contributed by atoms with Crippen LogP contribution in [0.15, 0.2) is 28.4 Å². The Kier molecular flexibility index (Phi) is 4.16. The Hall–Kier alpha value is -1.78. The zero-order chi connectivity index (χ0) is 14.8. The molecule has 0 aliphatic rings. The summed E-state index contributed by atoms with van der Waals surface area (Å²) in [5.41, 5.74) is 0.732. The Morgan fingerprint density at radius 3 is 2.95 bits per heavy atom. The van der Waals surface area contributed by atoms with Crippen molar-refractivity contribution in [2.75, 3.05) is 0 Å². The summed E-state index contributed by atoms with van der Waals surface area (Å²) >= 11 is 0.773. The molecule has 0 bridgehead atoms. The first-order valence-electron chi connectivity index (χ1n) is 5.55. The molecule has 10 heteroatoms.